The van der Waals surface area contributed by atoms with Crippen LogP contribution in [0, 0.1) is 0 Å². The number of nitrogens with one attached hydrogen (secondary N) is 2. The van der Waals surface area contributed by atoms with Gasteiger partial charge in [-0.25, -0.2) is 0 Å². The summed E-state index contributed by atoms with van der Waals surface area (Å²) in [7, 11) is 0. The Bertz CT molecular complexity index is 266. The minimum atomic E-state index is -0.552. The van der Waals surface area contributed by atoms with Gasteiger partial charge in [-0.3, -0.25) is 5.10 Å². The van der Waals surface area contributed by atoms with E-state index in [1.54, 1.807) is 6.20 Å². The molecule has 4 heteroatoms. The molecule has 0 aliphatic rings. The lowest BCUT2D eigenvalue weighted by Gasteiger charge is -2.27. The number of aromatic amines is 1. The molecule has 92 valence electrons. The minimum Gasteiger partial charge on any atom is -0.389 e. The summed E-state index contributed by atoms with van der Waals surface area (Å²) in [6.45, 7) is 5.59. The molecule has 0 saturated heterocycles. The number of aliphatic hydroxyl groups is 1. The molecule has 3 N–H and O–H groups in total. The lowest BCUT2D eigenvalue weighted by atomic mass is 9.92. The van der Waals surface area contributed by atoms with Gasteiger partial charge in [0.15, 0.2) is 0 Å². The zero-order chi connectivity index (χ0) is 11.9. The summed E-state index contributed by atoms with van der Waals surface area (Å²) in [6.07, 6.45) is 5.49. The number of H-pyrrole nitrogens is 1. The highest BCUT2D eigenvalue weighted by Gasteiger charge is 2.23. The molecular weight excluding hydrogens is 202 g/mol. The van der Waals surface area contributed by atoms with Crippen molar-refractivity contribution >= 4 is 0 Å². The molecule has 1 aromatic rings. The van der Waals surface area contributed by atoms with Gasteiger partial charge >= 0.3 is 0 Å². The average molecular weight is 225 g/mol. The highest BCUT2D eigenvalue weighted by Crippen LogP contribution is 2.18. The fraction of sp³-hybridized carbons (Fsp3) is 0.750. The predicted octanol–water partition coefficient (Wildman–Crippen LogP) is 1.83. The van der Waals surface area contributed by atoms with Crippen LogP contribution in [-0.4, -0.2) is 27.4 Å². The number of hydrogen-bond acceptors (Lipinski definition) is 3. The van der Waals surface area contributed by atoms with Gasteiger partial charge in [0, 0.05) is 25.0 Å². The van der Waals surface area contributed by atoms with Crippen LogP contribution in [0.15, 0.2) is 12.3 Å². The first-order valence-electron chi connectivity index (χ1n) is 6.11. The second-order valence-corrected chi connectivity index (χ2v) is 4.41. The third-order valence-electron chi connectivity index (χ3n) is 2.76. The topological polar surface area (TPSA) is 60.9 Å². The van der Waals surface area contributed by atoms with E-state index in [1.165, 1.54) is 0 Å². The van der Waals surface area contributed by atoms with Crippen LogP contribution in [0.2, 0.25) is 0 Å². The van der Waals surface area contributed by atoms with Gasteiger partial charge < -0.3 is 10.4 Å². The second kappa shape index (κ2) is 6.66. The van der Waals surface area contributed by atoms with E-state index in [0.717, 1.165) is 37.9 Å². The molecular formula is C12H23N3O. The Morgan fingerprint density at radius 3 is 2.56 bits per heavy atom. The molecule has 1 heterocycles. The summed E-state index contributed by atoms with van der Waals surface area (Å²) in [4.78, 5) is 0. The van der Waals surface area contributed by atoms with E-state index in [2.05, 4.69) is 29.4 Å². The van der Waals surface area contributed by atoms with Crippen LogP contribution in [0.4, 0.5) is 0 Å². The van der Waals surface area contributed by atoms with Gasteiger partial charge in [-0.1, -0.05) is 26.7 Å². The standard InChI is InChI=1S/C12H23N3O/c1-3-6-12(16,7-4-2)10-13-9-11-5-8-14-15-11/h5,8,13,16H,3-4,6-7,9-10H2,1-2H3,(H,14,15). The van der Waals surface area contributed by atoms with Crippen LogP contribution < -0.4 is 5.32 Å². The molecule has 0 atom stereocenters. The highest BCUT2D eigenvalue weighted by atomic mass is 16.3. The van der Waals surface area contributed by atoms with Crippen molar-refractivity contribution in [3.63, 3.8) is 0 Å². The minimum absolute atomic E-state index is 0.552. The van der Waals surface area contributed by atoms with Gasteiger partial charge in [0.1, 0.15) is 0 Å². The van der Waals surface area contributed by atoms with Crippen molar-refractivity contribution in [2.24, 2.45) is 0 Å². The maximum absolute atomic E-state index is 10.4. The van der Waals surface area contributed by atoms with E-state index in [9.17, 15) is 5.11 Å². The molecule has 0 radical (unpaired) electrons. The van der Waals surface area contributed by atoms with Crippen LogP contribution in [0.25, 0.3) is 0 Å². The van der Waals surface area contributed by atoms with Gasteiger partial charge in [0.25, 0.3) is 0 Å². The summed E-state index contributed by atoms with van der Waals surface area (Å²) in [5.74, 6) is 0. The SMILES string of the molecule is CCCC(O)(CCC)CNCc1ccn[nH]1. The third kappa shape index (κ3) is 4.33. The monoisotopic (exact) mass is 225 g/mol. The van der Waals surface area contributed by atoms with Crippen LogP contribution in [0.1, 0.15) is 45.2 Å². The van der Waals surface area contributed by atoms with Crippen LogP contribution >= 0.6 is 0 Å². The van der Waals surface area contributed by atoms with Crippen LogP contribution in [0.5, 0.6) is 0 Å². The van der Waals surface area contributed by atoms with E-state index < -0.39 is 5.60 Å². The Morgan fingerprint density at radius 1 is 1.38 bits per heavy atom. The molecule has 0 fully saturated rings. The van der Waals surface area contributed by atoms with Crippen LogP contribution in [-0.2, 0) is 6.54 Å². The Kier molecular flexibility index (Phi) is 5.49. The van der Waals surface area contributed by atoms with Crippen molar-refractivity contribution in [1.82, 2.24) is 15.5 Å². The van der Waals surface area contributed by atoms with E-state index >= 15 is 0 Å². The molecule has 4 nitrogen and oxygen atoms in total. The first-order valence-corrected chi connectivity index (χ1v) is 6.11. The van der Waals surface area contributed by atoms with Gasteiger partial charge in [-0.15, -0.1) is 0 Å². The molecule has 1 rings (SSSR count). The largest absolute Gasteiger partial charge is 0.389 e. The third-order valence-corrected chi connectivity index (χ3v) is 2.76. The lowest BCUT2D eigenvalue weighted by Crippen LogP contribution is -2.40. The number of aromatic nitrogens is 2. The van der Waals surface area contributed by atoms with Crippen molar-refractivity contribution in [2.75, 3.05) is 6.54 Å². The highest BCUT2D eigenvalue weighted by molar-refractivity contribution is 4.97. The normalized spacial score (nSPS) is 11.9. The lowest BCUT2D eigenvalue weighted by molar-refractivity contribution is 0.0214. The Morgan fingerprint density at radius 2 is 2.06 bits per heavy atom. The van der Waals surface area contributed by atoms with Crippen molar-refractivity contribution in [3.8, 4) is 0 Å². The van der Waals surface area contributed by atoms with Gasteiger partial charge in [-0.05, 0) is 18.9 Å². The maximum atomic E-state index is 10.4. The van der Waals surface area contributed by atoms with Crippen molar-refractivity contribution in [1.29, 1.82) is 0 Å². The molecule has 0 aliphatic carbocycles. The number of nitrogens with zero attached hydrogens (tertiary/aromatic N) is 1. The summed E-state index contributed by atoms with van der Waals surface area (Å²) in [5.41, 5.74) is 0.499. The van der Waals surface area contributed by atoms with E-state index in [0.29, 0.717) is 6.54 Å². The molecule has 1 aromatic heterocycles. The molecule has 0 aromatic carbocycles. The zero-order valence-electron chi connectivity index (χ0n) is 10.3. The smallest absolute Gasteiger partial charge is 0.0771 e. The Hall–Kier alpha value is -0.870. The number of rotatable bonds is 8. The van der Waals surface area contributed by atoms with Crippen LogP contribution in [0.3, 0.4) is 0 Å². The maximum Gasteiger partial charge on any atom is 0.0771 e. The fourth-order valence-electron chi connectivity index (χ4n) is 2.05. The van der Waals surface area contributed by atoms with E-state index in [1.807, 2.05) is 6.07 Å². The predicted molar refractivity (Wildman–Crippen MR) is 65.1 cm³/mol. The van der Waals surface area contributed by atoms with E-state index in [4.69, 9.17) is 0 Å². The summed E-state index contributed by atoms with van der Waals surface area (Å²) >= 11 is 0. The Labute approximate surface area is 97.5 Å². The summed E-state index contributed by atoms with van der Waals surface area (Å²) in [6, 6.07) is 1.94. The molecule has 16 heavy (non-hydrogen) atoms. The average Bonchev–Trinajstić information content (AvgIpc) is 2.71. The molecule has 0 unspecified atom stereocenters. The van der Waals surface area contributed by atoms with Crippen molar-refractivity contribution < 1.29 is 5.11 Å². The Balaban J connectivity index is 2.32. The molecule has 0 bridgehead atoms. The van der Waals surface area contributed by atoms with Crippen molar-refractivity contribution in [2.45, 2.75) is 51.7 Å². The summed E-state index contributed by atoms with van der Waals surface area (Å²) in [5, 5.41) is 20.4. The second-order valence-electron chi connectivity index (χ2n) is 4.41. The zero-order valence-corrected chi connectivity index (χ0v) is 10.3. The molecule has 0 amide bonds. The van der Waals surface area contributed by atoms with Gasteiger partial charge in [0.05, 0.1) is 5.60 Å². The first-order chi connectivity index (χ1) is 7.70. The van der Waals surface area contributed by atoms with Crippen molar-refractivity contribution in [3.05, 3.63) is 18.0 Å². The number of hydrogen-bond donors (Lipinski definition) is 3. The van der Waals surface area contributed by atoms with Gasteiger partial charge in [0.2, 0.25) is 0 Å². The molecule has 0 spiro atoms. The van der Waals surface area contributed by atoms with Gasteiger partial charge in [-0.2, -0.15) is 5.10 Å². The summed E-state index contributed by atoms with van der Waals surface area (Å²) < 4.78 is 0. The first kappa shape index (κ1) is 13.2. The molecule has 0 saturated carbocycles. The fourth-order valence-corrected chi connectivity index (χ4v) is 2.05. The molecule has 0 aliphatic heterocycles. The quantitative estimate of drug-likeness (QED) is 0.632. The van der Waals surface area contributed by atoms with E-state index in [-0.39, 0.29) is 0 Å².